The highest BCUT2D eigenvalue weighted by Gasteiger charge is 2.36. The molecule has 0 bridgehead atoms. The molecule has 1 unspecified atom stereocenters. The number of ketones is 1. The van der Waals surface area contributed by atoms with E-state index >= 15 is 0 Å². The van der Waals surface area contributed by atoms with E-state index in [-0.39, 0.29) is 29.0 Å². The Hall–Kier alpha value is -3.27. The van der Waals surface area contributed by atoms with Crippen LogP contribution in [0, 0.1) is 11.2 Å². The second-order valence-corrected chi connectivity index (χ2v) is 8.74. The molecule has 2 aromatic rings. The van der Waals surface area contributed by atoms with Gasteiger partial charge in [-0.3, -0.25) is 9.59 Å². The van der Waals surface area contributed by atoms with Gasteiger partial charge in [0, 0.05) is 25.5 Å². The van der Waals surface area contributed by atoms with E-state index in [1.165, 1.54) is 10.7 Å². The predicted molar refractivity (Wildman–Crippen MR) is 115 cm³/mol. The highest BCUT2D eigenvalue weighted by atomic mass is 19.1. The Morgan fingerprint density at radius 3 is 2.59 bits per heavy atom. The molecule has 1 atom stereocenters. The summed E-state index contributed by atoms with van der Waals surface area (Å²) in [6.07, 6.45) is 1.25. The Balaban J connectivity index is 2.20. The zero-order chi connectivity index (χ0) is 23.8. The van der Waals surface area contributed by atoms with E-state index in [1.54, 1.807) is 0 Å². The van der Waals surface area contributed by atoms with Crippen LogP contribution in [0.5, 0.6) is 0 Å². The van der Waals surface area contributed by atoms with E-state index in [2.05, 4.69) is 10.4 Å². The van der Waals surface area contributed by atoms with Gasteiger partial charge in [-0.25, -0.2) is 13.9 Å². The van der Waals surface area contributed by atoms with Gasteiger partial charge in [-0.2, -0.15) is 5.10 Å². The topological polar surface area (TPSA) is 148 Å². The summed E-state index contributed by atoms with van der Waals surface area (Å²) in [6.45, 7) is 5.37. The first-order valence-electron chi connectivity index (χ1n) is 10.4. The first-order chi connectivity index (χ1) is 15.0. The van der Waals surface area contributed by atoms with Crippen molar-refractivity contribution in [3.63, 3.8) is 0 Å². The number of halogens is 1. The van der Waals surface area contributed by atoms with Crippen molar-refractivity contribution in [3.05, 3.63) is 40.5 Å². The third-order valence-corrected chi connectivity index (χ3v) is 5.56. The van der Waals surface area contributed by atoms with Gasteiger partial charge in [0.05, 0.1) is 33.9 Å². The molecule has 9 nitrogen and oxygen atoms in total. The van der Waals surface area contributed by atoms with Gasteiger partial charge in [-0.05, 0) is 24.3 Å². The number of hydrogen-bond acceptors (Lipinski definition) is 6. The number of carboxylic acid groups (broad SMARTS) is 1. The van der Waals surface area contributed by atoms with Crippen molar-refractivity contribution in [3.8, 4) is 5.69 Å². The molecular weight excluding hydrogens is 419 g/mol. The molecule has 10 heteroatoms. The van der Waals surface area contributed by atoms with Crippen LogP contribution in [0.2, 0.25) is 0 Å². The van der Waals surface area contributed by atoms with Crippen molar-refractivity contribution in [2.75, 3.05) is 11.9 Å². The lowest BCUT2D eigenvalue weighted by Crippen LogP contribution is -2.32. The van der Waals surface area contributed by atoms with Crippen LogP contribution in [-0.4, -0.2) is 50.3 Å². The summed E-state index contributed by atoms with van der Waals surface area (Å²) in [5, 5.41) is 25.7. The third-order valence-electron chi connectivity index (χ3n) is 5.56. The molecule has 3 rings (SSSR count). The van der Waals surface area contributed by atoms with Crippen LogP contribution in [0.1, 0.15) is 65.7 Å². The van der Waals surface area contributed by atoms with Gasteiger partial charge < -0.3 is 21.3 Å². The fourth-order valence-corrected chi connectivity index (χ4v) is 4.14. The molecule has 1 aliphatic rings. The number of primary amides is 1. The number of benzene rings is 1. The van der Waals surface area contributed by atoms with Crippen LogP contribution < -0.4 is 11.1 Å². The van der Waals surface area contributed by atoms with E-state index in [9.17, 15) is 23.9 Å². The lowest BCUT2D eigenvalue weighted by Gasteiger charge is -2.29. The van der Waals surface area contributed by atoms with Gasteiger partial charge in [-0.15, -0.1) is 0 Å². The Morgan fingerprint density at radius 2 is 2.03 bits per heavy atom. The minimum Gasteiger partial charge on any atom is -0.480 e. The van der Waals surface area contributed by atoms with Gasteiger partial charge in [0.15, 0.2) is 5.78 Å². The number of nitrogens with zero attached hydrogens (tertiary/aromatic N) is 2. The first-order valence-corrected chi connectivity index (χ1v) is 10.4. The zero-order valence-electron chi connectivity index (χ0n) is 18.2. The minimum atomic E-state index is -1.28. The number of carboxylic acids is 1. The third kappa shape index (κ3) is 4.36. The average molecular weight is 446 g/mol. The Morgan fingerprint density at radius 1 is 1.34 bits per heavy atom. The van der Waals surface area contributed by atoms with Gasteiger partial charge in [0.25, 0.3) is 5.91 Å². The first kappa shape index (κ1) is 23.4. The number of carbonyl (C=O) groups excluding carboxylic acids is 2. The van der Waals surface area contributed by atoms with Crippen LogP contribution in [0.4, 0.5) is 10.1 Å². The largest absolute Gasteiger partial charge is 0.480 e. The fourth-order valence-electron chi connectivity index (χ4n) is 4.14. The van der Waals surface area contributed by atoms with Crippen molar-refractivity contribution < 1.29 is 29.0 Å². The maximum absolute atomic E-state index is 15.0. The van der Waals surface area contributed by atoms with Gasteiger partial charge in [-0.1, -0.05) is 20.8 Å². The summed E-state index contributed by atoms with van der Waals surface area (Å²) < 4.78 is 16.5. The van der Waals surface area contributed by atoms with Gasteiger partial charge in [0.1, 0.15) is 11.9 Å². The summed E-state index contributed by atoms with van der Waals surface area (Å²) in [4.78, 5) is 36.2. The molecule has 5 N–H and O–H groups in total. The molecular formula is C22H27FN4O5. The van der Waals surface area contributed by atoms with E-state index < -0.39 is 35.9 Å². The van der Waals surface area contributed by atoms with Crippen LogP contribution in [-0.2, 0) is 17.6 Å². The molecule has 32 heavy (non-hydrogen) atoms. The second-order valence-electron chi connectivity index (χ2n) is 8.74. The maximum atomic E-state index is 15.0. The van der Waals surface area contributed by atoms with Crippen LogP contribution in [0.3, 0.4) is 0 Å². The maximum Gasteiger partial charge on any atom is 0.326 e. The monoisotopic (exact) mass is 446 g/mol. The summed E-state index contributed by atoms with van der Waals surface area (Å²) in [7, 11) is 0. The molecule has 1 heterocycles. The number of nitrogens with one attached hydrogen (secondary N) is 1. The summed E-state index contributed by atoms with van der Waals surface area (Å²) in [6, 6.07) is 1.20. The molecule has 0 fully saturated rings. The highest BCUT2D eigenvalue weighted by molar-refractivity contribution is 6.01. The Labute approximate surface area is 184 Å². The number of aliphatic hydroxyl groups is 1. The molecule has 172 valence electrons. The zero-order valence-corrected chi connectivity index (χ0v) is 18.2. The number of fused-ring (bicyclic) bond motifs is 1. The molecule has 1 aromatic carbocycles. The second kappa shape index (κ2) is 8.70. The van der Waals surface area contributed by atoms with E-state index in [1.807, 2.05) is 20.8 Å². The van der Waals surface area contributed by atoms with E-state index in [0.29, 0.717) is 36.2 Å². The Kier molecular flexibility index (Phi) is 6.36. The predicted octanol–water partition coefficient (Wildman–Crippen LogP) is 2.08. The van der Waals surface area contributed by atoms with Crippen LogP contribution >= 0.6 is 0 Å². The molecule has 1 aliphatic carbocycles. The summed E-state index contributed by atoms with van der Waals surface area (Å²) >= 11 is 0. The number of aromatic nitrogens is 2. The number of aryl methyl sites for hydroxylation is 1. The number of anilines is 1. The summed E-state index contributed by atoms with van der Waals surface area (Å²) in [5.74, 6) is -3.33. The van der Waals surface area contributed by atoms with E-state index in [4.69, 9.17) is 10.8 Å². The van der Waals surface area contributed by atoms with Crippen LogP contribution in [0.25, 0.3) is 5.69 Å². The number of amides is 1. The molecule has 0 radical (unpaired) electrons. The quantitative estimate of drug-likeness (QED) is 0.485. The minimum absolute atomic E-state index is 0.0270. The number of Topliss-reactive ketones (excluding diaryl/α,β-unsaturated/α-hetero) is 1. The number of aliphatic hydroxyl groups excluding tert-OH is 1. The van der Waals surface area contributed by atoms with Crippen molar-refractivity contribution >= 4 is 23.3 Å². The number of aliphatic carboxylic acids is 1. The molecule has 1 amide bonds. The molecule has 0 aliphatic heterocycles. The number of rotatable bonds is 8. The average Bonchev–Trinajstić information content (AvgIpc) is 3.04. The molecule has 0 saturated heterocycles. The fraction of sp³-hybridized carbons (Fsp3) is 0.455. The SMILES string of the molecule is CCc1nn(-c2cc(F)c(C(N)=O)c(NC(CCO)C(=O)O)c2)c2c1C(=O)CC(C)(C)C2. The normalized spacial score (nSPS) is 15.8. The Bertz CT molecular complexity index is 1090. The molecule has 1 aromatic heterocycles. The smallest absolute Gasteiger partial charge is 0.326 e. The standard InChI is InChI=1S/C22H27FN4O5/c1-4-13-19-16(9-22(2,3)10-17(19)29)27(26-13)11-7-12(23)18(20(24)30)15(8-11)25-14(5-6-28)21(31)32/h7-8,14,25,28H,4-6,9-10H2,1-3H3,(H2,24,30)(H,31,32). The lowest BCUT2D eigenvalue weighted by atomic mass is 9.75. The van der Waals surface area contributed by atoms with Crippen molar-refractivity contribution in [1.82, 2.24) is 9.78 Å². The highest BCUT2D eigenvalue weighted by Crippen LogP contribution is 2.38. The van der Waals surface area contributed by atoms with Gasteiger partial charge in [0.2, 0.25) is 0 Å². The van der Waals surface area contributed by atoms with E-state index in [0.717, 1.165) is 6.07 Å². The van der Waals surface area contributed by atoms with Crippen molar-refractivity contribution in [2.24, 2.45) is 11.1 Å². The molecule has 0 saturated carbocycles. The number of hydrogen-bond donors (Lipinski definition) is 4. The number of carbonyl (C=O) groups is 3. The lowest BCUT2D eigenvalue weighted by molar-refractivity contribution is -0.138. The van der Waals surface area contributed by atoms with Crippen LogP contribution in [0.15, 0.2) is 12.1 Å². The van der Waals surface area contributed by atoms with Crippen molar-refractivity contribution in [1.29, 1.82) is 0 Å². The van der Waals surface area contributed by atoms with Crippen molar-refractivity contribution in [2.45, 2.75) is 52.5 Å². The molecule has 0 spiro atoms. The van der Waals surface area contributed by atoms with Gasteiger partial charge >= 0.3 is 5.97 Å². The summed E-state index contributed by atoms with van der Waals surface area (Å²) in [5.41, 5.74) is 6.40. The number of nitrogens with two attached hydrogens (primary N) is 1.